The Labute approximate surface area is 169 Å². The van der Waals surface area contributed by atoms with Gasteiger partial charge in [0, 0.05) is 18.1 Å². The SMILES string of the molecule is COc1cc(O)c2c(c1OC)/C(C)=C/C[C@H](O)[C@H](O)C(=O)/C=C\C[C@H](C)OC2=O. The van der Waals surface area contributed by atoms with Gasteiger partial charge in [-0.05, 0) is 31.9 Å². The van der Waals surface area contributed by atoms with Gasteiger partial charge in [0.25, 0.3) is 0 Å². The van der Waals surface area contributed by atoms with E-state index in [4.69, 9.17) is 14.2 Å². The summed E-state index contributed by atoms with van der Waals surface area (Å²) in [5, 5.41) is 30.7. The Morgan fingerprint density at radius 1 is 1.10 bits per heavy atom. The lowest BCUT2D eigenvalue weighted by atomic mass is 9.95. The van der Waals surface area contributed by atoms with Crippen LogP contribution in [0.5, 0.6) is 17.2 Å². The lowest BCUT2D eigenvalue weighted by Gasteiger charge is -2.21. The van der Waals surface area contributed by atoms with Crippen LogP contribution < -0.4 is 9.47 Å². The molecule has 0 saturated heterocycles. The Hall–Kier alpha value is -2.84. The van der Waals surface area contributed by atoms with E-state index in [0.29, 0.717) is 5.57 Å². The number of rotatable bonds is 2. The van der Waals surface area contributed by atoms with Crippen LogP contribution in [-0.4, -0.2) is 59.6 Å². The van der Waals surface area contributed by atoms with Crippen molar-refractivity contribution in [3.8, 4) is 17.2 Å². The number of methoxy groups -OCH3 is 2. The largest absolute Gasteiger partial charge is 0.507 e. The predicted molar refractivity (Wildman–Crippen MR) is 105 cm³/mol. The quantitative estimate of drug-likeness (QED) is 0.638. The van der Waals surface area contributed by atoms with Crippen LogP contribution in [0.3, 0.4) is 0 Å². The molecule has 0 aromatic heterocycles. The Bertz CT molecular complexity index is 840. The van der Waals surface area contributed by atoms with Gasteiger partial charge in [0.05, 0.1) is 20.3 Å². The first-order valence-corrected chi connectivity index (χ1v) is 9.13. The predicted octanol–water partition coefficient (Wildman–Crippen LogP) is 2.00. The number of phenols is 1. The molecule has 1 aliphatic rings. The monoisotopic (exact) mass is 406 g/mol. The molecule has 3 N–H and O–H groups in total. The number of ether oxygens (including phenoxy) is 3. The minimum absolute atomic E-state index is 0.0708. The van der Waals surface area contributed by atoms with E-state index in [1.807, 2.05) is 0 Å². The number of phenolic OH excluding ortho intramolecular Hbond substituents is 1. The number of aromatic hydroxyl groups is 1. The fraction of sp³-hybridized carbons (Fsp3) is 0.429. The standard InChI is InChI=1S/C21H26O8/c1-11-8-9-14(23)19(25)13(22)7-5-6-12(2)29-21(26)18-15(24)10-16(27-3)20(28-4)17(11)18/h5,7-8,10,12,14,19,23-25H,6,9H2,1-4H3/b7-5-,11-8+/t12-,14-,19+/m0/s1. The van der Waals surface area contributed by atoms with E-state index in [2.05, 4.69) is 0 Å². The highest BCUT2D eigenvalue weighted by Crippen LogP contribution is 2.43. The summed E-state index contributed by atoms with van der Waals surface area (Å²) in [5.74, 6) is -1.34. The van der Waals surface area contributed by atoms with E-state index in [1.165, 1.54) is 32.4 Å². The number of esters is 1. The van der Waals surface area contributed by atoms with Gasteiger partial charge in [-0.1, -0.05) is 12.2 Å². The van der Waals surface area contributed by atoms with E-state index in [-0.39, 0.29) is 41.2 Å². The molecule has 0 radical (unpaired) electrons. The zero-order valence-electron chi connectivity index (χ0n) is 16.8. The van der Waals surface area contributed by atoms with Crippen molar-refractivity contribution < 1.29 is 39.1 Å². The van der Waals surface area contributed by atoms with Crippen LogP contribution in [0, 0.1) is 0 Å². The highest BCUT2D eigenvalue weighted by Gasteiger charge is 2.28. The normalized spacial score (nSPS) is 26.4. The summed E-state index contributed by atoms with van der Waals surface area (Å²) in [6.45, 7) is 3.27. The first kappa shape index (κ1) is 22.4. The van der Waals surface area contributed by atoms with Crippen LogP contribution in [0.1, 0.15) is 42.6 Å². The van der Waals surface area contributed by atoms with Crippen molar-refractivity contribution in [2.45, 2.75) is 45.0 Å². The molecule has 0 spiro atoms. The van der Waals surface area contributed by atoms with Gasteiger partial charge in [0.15, 0.2) is 17.3 Å². The summed E-state index contributed by atoms with van der Waals surface area (Å²) < 4.78 is 16.1. The molecule has 0 bridgehead atoms. The molecule has 8 heteroatoms. The van der Waals surface area contributed by atoms with Gasteiger partial charge in [-0.15, -0.1) is 0 Å². The number of aliphatic hydroxyl groups excluding tert-OH is 2. The lowest BCUT2D eigenvalue weighted by molar-refractivity contribution is -0.127. The number of cyclic esters (lactones) is 1. The van der Waals surface area contributed by atoms with Gasteiger partial charge < -0.3 is 29.5 Å². The van der Waals surface area contributed by atoms with Crippen LogP contribution >= 0.6 is 0 Å². The Morgan fingerprint density at radius 3 is 2.41 bits per heavy atom. The molecule has 0 fully saturated rings. The molecule has 0 unspecified atom stereocenters. The van der Waals surface area contributed by atoms with Crippen LogP contribution in [0.25, 0.3) is 5.57 Å². The van der Waals surface area contributed by atoms with Crippen molar-refractivity contribution in [2.75, 3.05) is 14.2 Å². The molecule has 0 amide bonds. The van der Waals surface area contributed by atoms with Gasteiger partial charge in [-0.25, -0.2) is 4.79 Å². The fourth-order valence-corrected chi connectivity index (χ4v) is 3.05. The van der Waals surface area contributed by atoms with Gasteiger partial charge in [0.2, 0.25) is 0 Å². The van der Waals surface area contributed by atoms with E-state index < -0.39 is 30.1 Å². The van der Waals surface area contributed by atoms with E-state index in [9.17, 15) is 24.9 Å². The molecule has 158 valence electrons. The third kappa shape index (κ3) is 4.96. The lowest BCUT2D eigenvalue weighted by Crippen LogP contribution is -2.32. The fourth-order valence-electron chi connectivity index (χ4n) is 3.05. The second-order valence-electron chi connectivity index (χ2n) is 6.77. The molecule has 3 atom stereocenters. The molecular weight excluding hydrogens is 380 g/mol. The van der Waals surface area contributed by atoms with Crippen molar-refractivity contribution in [1.82, 2.24) is 0 Å². The number of carbonyl (C=O) groups excluding carboxylic acids is 2. The van der Waals surface area contributed by atoms with Gasteiger partial charge in [0.1, 0.15) is 23.5 Å². The maximum Gasteiger partial charge on any atom is 0.342 e. The Kier molecular flexibility index (Phi) is 7.41. The minimum atomic E-state index is -1.59. The van der Waals surface area contributed by atoms with Crippen LogP contribution in [0.15, 0.2) is 24.3 Å². The number of aliphatic hydroxyl groups is 2. The maximum atomic E-state index is 12.8. The summed E-state index contributed by atoms with van der Waals surface area (Å²) in [5.41, 5.74) is 0.597. The van der Waals surface area contributed by atoms with Gasteiger partial charge >= 0.3 is 5.97 Å². The van der Waals surface area contributed by atoms with Gasteiger partial charge in [-0.3, -0.25) is 4.79 Å². The first-order chi connectivity index (χ1) is 13.7. The molecule has 8 nitrogen and oxygen atoms in total. The van der Waals surface area contributed by atoms with Crippen molar-refractivity contribution >= 4 is 17.3 Å². The first-order valence-electron chi connectivity index (χ1n) is 9.13. The third-order valence-corrected chi connectivity index (χ3v) is 4.63. The number of hydrogen-bond acceptors (Lipinski definition) is 8. The summed E-state index contributed by atoms with van der Waals surface area (Å²) in [7, 11) is 2.79. The number of carbonyl (C=O) groups is 2. The zero-order valence-corrected chi connectivity index (χ0v) is 16.8. The maximum absolute atomic E-state index is 12.8. The van der Waals surface area contributed by atoms with Crippen LogP contribution in [-0.2, 0) is 9.53 Å². The highest BCUT2D eigenvalue weighted by molar-refractivity contribution is 6.00. The molecule has 0 saturated carbocycles. The summed E-state index contributed by atoms with van der Waals surface area (Å²) in [4.78, 5) is 24.8. The zero-order chi connectivity index (χ0) is 21.7. The second kappa shape index (κ2) is 9.58. The summed E-state index contributed by atoms with van der Waals surface area (Å²) >= 11 is 0. The molecule has 1 aromatic rings. The number of hydrogen-bond donors (Lipinski definition) is 3. The molecule has 29 heavy (non-hydrogen) atoms. The average Bonchev–Trinajstić information content (AvgIpc) is 2.68. The molecule has 1 heterocycles. The Morgan fingerprint density at radius 2 is 1.79 bits per heavy atom. The number of benzene rings is 1. The number of ketones is 1. The minimum Gasteiger partial charge on any atom is -0.507 e. The highest BCUT2D eigenvalue weighted by atomic mass is 16.5. The molecule has 1 aliphatic heterocycles. The van der Waals surface area contributed by atoms with E-state index in [1.54, 1.807) is 13.8 Å². The smallest absolute Gasteiger partial charge is 0.342 e. The number of fused-ring (bicyclic) bond motifs is 1. The van der Waals surface area contributed by atoms with Crippen molar-refractivity contribution in [2.24, 2.45) is 0 Å². The molecular formula is C21H26O8. The topological polar surface area (TPSA) is 123 Å². The summed E-state index contributed by atoms with van der Waals surface area (Å²) in [6, 6.07) is 1.26. The van der Waals surface area contributed by atoms with Crippen LogP contribution in [0.4, 0.5) is 0 Å². The Balaban J connectivity index is 2.68. The molecule has 0 aliphatic carbocycles. The van der Waals surface area contributed by atoms with Crippen LogP contribution in [0.2, 0.25) is 0 Å². The third-order valence-electron chi connectivity index (χ3n) is 4.63. The van der Waals surface area contributed by atoms with E-state index in [0.717, 1.165) is 6.08 Å². The number of allylic oxidation sites excluding steroid dienone is 1. The van der Waals surface area contributed by atoms with Crippen molar-refractivity contribution in [3.05, 3.63) is 35.4 Å². The second-order valence-corrected chi connectivity index (χ2v) is 6.77. The van der Waals surface area contributed by atoms with Crippen molar-refractivity contribution in [3.63, 3.8) is 0 Å². The average molecular weight is 406 g/mol. The van der Waals surface area contributed by atoms with Crippen molar-refractivity contribution in [1.29, 1.82) is 0 Å². The summed E-state index contributed by atoms with van der Waals surface area (Å²) in [6.07, 6.45) is 0.739. The van der Waals surface area contributed by atoms with Gasteiger partial charge in [-0.2, -0.15) is 0 Å². The molecule has 1 aromatic carbocycles. The van der Waals surface area contributed by atoms with E-state index >= 15 is 0 Å². The molecule has 2 rings (SSSR count).